The maximum absolute atomic E-state index is 5.73. The molecule has 1 rings (SSSR count). The van der Waals surface area contributed by atoms with E-state index in [0.717, 1.165) is 5.69 Å². The van der Waals surface area contributed by atoms with Crippen molar-refractivity contribution < 1.29 is 0 Å². The topological polar surface area (TPSA) is 43.8 Å². The van der Waals surface area contributed by atoms with Gasteiger partial charge in [0.05, 0.1) is 5.69 Å². The minimum Gasteiger partial charge on any atom is -0.369 e. The van der Waals surface area contributed by atoms with Crippen LogP contribution in [-0.4, -0.2) is 9.55 Å². The monoisotopic (exact) mass is 167 g/mol. The summed E-state index contributed by atoms with van der Waals surface area (Å²) in [7, 11) is 0. The van der Waals surface area contributed by atoms with Crippen LogP contribution in [0.25, 0.3) is 0 Å². The van der Waals surface area contributed by atoms with E-state index in [0.29, 0.717) is 17.9 Å². The van der Waals surface area contributed by atoms with Crippen molar-refractivity contribution in [2.24, 2.45) is 0 Å². The van der Waals surface area contributed by atoms with Crippen molar-refractivity contribution in [3.05, 3.63) is 11.9 Å². The second-order valence-corrected chi connectivity index (χ2v) is 3.68. The van der Waals surface area contributed by atoms with Gasteiger partial charge in [-0.1, -0.05) is 13.8 Å². The zero-order valence-corrected chi connectivity index (χ0v) is 8.20. The standard InChI is InChI=1S/C9H17N3/c1-6(2)8-5-12(7(3)4)9(10)11-8/h5-7H,1-4H3,(H2,10,11). The number of rotatable bonds is 2. The van der Waals surface area contributed by atoms with Crippen molar-refractivity contribution in [1.29, 1.82) is 0 Å². The van der Waals surface area contributed by atoms with Gasteiger partial charge in [0.15, 0.2) is 0 Å². The van der Waals surface area contributed by atoms with Crippen LogP contribution in [-0.2, 0) is 0 Å². The number of hydrogen-bond donors (Lipinski definition) is 1. The Morgan fingerprint density at radius 3 is 2.17 bits per heavy atom. The minimum atomic E-state index is 0.394. The van der Waals surface area contributed by atoms with E-state index in [1.807, 2.05) is 10.8 Å². The Morgan fingerprint density at radius 1 is 1.33 bits per heavy atom. The third kappa shape index (κ3) is 1.60. The van der Waals surface area contributed by atoms with Gasteiger partial charge in [-0.2, -0.15) is 0 Å². The highest BCUT2D eigenvalue weighted by molar-refractivity contribution is 5.24. The second kappa shape index (κ2) is 3.17. The highest BCUT2D eigenvalue weighted by atomic mass is 15.2. The fraction of sp³-hybridized carbons (Fsp3) is 0.667. The van der Waals surface area contributed by atoms with E-state index in [9.17, 15) is 0 Å². The molecular weight excluding hydrogens is 150 g/mol. The number of nitrogens with zero attached hydrogens (tertiary/aromatic N) is 2. The molecule has 3 heteroatoms. The van der Waals surface area contributed by atoms with Crippen molar-refractivity contribution in [3.8, 4) is 0 Å². The van der Waals surface area contributed by atoms with Crippen LogP contribution in [0.1, 0.15) is 45.3 Å². The van der Waals surface area contributed by atoms with Gasteiger partial charge < -0.3 is 10.3 Å². The normalized spacial score (nSPS) is 11.5. The lowest BCUT2D eigenvalue weighted by atomic mass is 10.2. The van der Waals surface area contributed by atoms with E-state index in [-0.39, 0.29) is 0 Å². The van der Waals surface area contributed by atoms with Gasteiger partial charge >= 0.3 is 0 Å². The summed E-state index contributed by atoms with van der Waals surface area (Å²) < 4.78 is 2.00. The minimum absolute atomic E-state index is 0.394. The van der Waals surface area contributed by atoms with Crippen molar-refractivity contribution >= 4 is 5.95 Å². The lowest BCUT2D eigenvalue weighted by Gasteiger charge is -2.06. The molecule has 3 nitrogen and oxygen atoms in total. The quantitative estimate of drug-likeness (QED) is 0.733. The van der Waals surface area contributed by atoms with Gasteiger partial charge in [-0.05, 0) is 19.8 Å². The Morgan fingerprint density at radius 2 is 1.92 bits per heavy atom. The third-order valence-electron chi connectivity index (χ3n) is 1.93. The van der Waals surface area contributed by atoms with E-state index in [4.69, 9.17) is 5.73 Å². The van der Waals surface area contributed by atoms with Gasteiger partial charge in [-0.3, -0.25) is 0 Å². The first-order chi connectivity index (χ1) is 5.52. The van der Waals surface area contributed by atoms with Crippen LogP contribution in [0.2, 0.25) is 0 Å². The van der Waals surface area contributed by atoms with E-state index >= 15 is 0 Å². The highest BCUT2D eigenvalue weighted by Crippen LogP contribution is 2.18. The molecule has 0 aromatic carbocycles. The Kier molecular flexibility index (Phi) is 2.40. The van der Waals surface area contributed by atoms with Gasteiger partial charge in [-0.25, -0.2) is 4.98 Å². The molecule has 0 fully saturated rings. The molecule has 0 aliphatic rings. The Bertz CT molecular complexity index is 261. The number of anilines is 1. The molecule has 0 aliphatic carbocycles. The Balaban J connectivity index is 3.00. The molecule has 0 saturated heterocycles. The Hall–Kier alpha value is -0.990. The van der Waals surface area contributed by atoms with E-state index in [2.05, 4.69) is 32.7 Å². The zero-order chi connectivity index (χ0) is 9.30. The molecule has 0 atom stereocenters. The molecule has 0 amide bonds. The largest absolute Gasteiger partial charge is 0.369 e. The molecule has 68 valence electrons. The van der Waals surface area contributed by atoms with Gasteiger partial charge in [0.2, 0.25) is 5.95 Å². The smallest absolute Gasteiger partial charge is 0.200 e. The molecular formula is C9H17N3. The Labute approximate surface area is 73.6 Å². The van der Waals surface area contributed by atoms with Crippen LogP contribution in [0.3, 0.4) is 0 Å². The third-order valence-corrected chi connectivity index (χ3v) is 1.93. The molecule has 2 N–H and O–H groups in total. The van der Waals surface area contributed by atoms with Crippen molar-refractivity contribution in [1.82, 2.24) is 9.55 Å². The predicted octanol–water partition coefficient (Wildman–Crippen LogP) is 2.17. The fourth-order valence-corrected chi connectivity index (χ4v) is 1.12. The average molecular weight is 167 g/mol. The van der Waals surface area contributed by atoms with Crippen molar-refractivity contribution in [2.75, 3.05) is 5.73 Å². The first kappa shape index (κ1) is 9.10. The van der Waals surface area contributed by atoms with E-state index < -0.39 is 0 Å². The molecule has 0 unspecified atom stereocenters. The van der Waals surface area contributed by atoms with Gasteiger partial charge in [-0.15, -0.1) is 0 Å². The first-order valence-electron chi connectivity index (χ1n) is 4.36. The summed E-state index contributed by atoms with van der Waals surface area (Å²) in [4.78, 5) is 4.27. The predicted molar refractivity (Wildman–Crippen MR) is 51.1 cm³/mol. The summed E-state index contributed by atoms with van der Waals surface area (Å²) in [5.74, 6) is 1.07. The van der Waals surface area contributed by atoms with E-state index in [1.165, 1.54) is 0 Å². The molecule has 0 bridgehead atoms. The summed E-state index contributed by atoms with van der Waals surface area (Å²) in [6.07, 6.45) is 2.03. The summed E-state index contributed by atoms with van der Waals surface area (Å²) in [5.41, 5.74) is 6.80. The lowest BCUT2D eigenvalue weighted by Crippen LogP contribution is -2.03. The molecule has 0 radical (unpaired) electrons. The molecule has 0 spiro atoms. The van der Waals surface area contributed by atoms with Gasteiger partial charge in [0, 0.05) is 12.2 Å². The van der Waals surface area contributed by atoms with Gasteiger partial charge in [0.25, 0.3) is 0 Å². The summed E-state index contributed by atoms with van der Waals surface area (Å²) in [6.45, 7) is 8.43. The number of hydrogen-bond acceptors (Lipinski definition) is 2. The second-order valence-electron chi connectivity index (χ2n) is 3.68. The van der Waals surface area contributed by atoms with Crippen LogP contribution in [0, 0.1) is 0 Å². The summed E-state index contributed by atoms with van der Waals surface area (Å²) in [6, 6.07) is 0.394. The van der Waals surface area contributed by atoms with Crippen molar-refractivity contribution in [2.45, 2.75) is 39.7 Å². The summed E-state index contributed by atoms with van der Waals surface area (Å²) in [5, 5.41) is 0. The van der Waals surface area contributed by atoms with Crippen LogP contribution in [0.5, 0.6) is 0 Å². The fourth-order valence-electron chi connectivity index (χ4n) is 1.12. The molecule has 12 heavy (non-hydrogen) atoms. The maximum Gasteiger partial charge on any atom is 0.200 e. The zero-order valence-electron chi connectivity index (χ0n) is 8.20. The number of nitrogens with two attached hydrogens (primary N) is 1. The summed E-state index contributed by atoms with van der Waals surface area (Å²) >= 11 is 0. The molecule has 0 saturated carbocycles. The van der Waals surface area contributed by atoms with Crippen molar-refractivity contribution in [3.63, 3.8) is 0 Å². The number of nitrogen functional groups attached to an aromatic ring is 1. The molecule has 1 aromatic heterocycles. The van der Waals surface area contributed by atoms with Crippen LogP contribution < -0.4 is 5.73 Å². The lowest BCUT2D eigenvalue weighted by molar-refractivity contribution is 0.607. The molecule has 1 heterocycles. The van der Waals surface area contributed by atoms with Crippen LogP contribution >= 0.6 is 0 Å². The number of aromatic nitrogens is 2. The number of imidazole rings is 1. The van der Waals surface area contributed by atoms with E-state index in [1.54, 1.807) is 0 Å². The molecule has 0 aliphatic heterocycles. The average Bonchev–Trinajstić information content (AvgIpc) is 2.30. The van der Waals surface area contributed by atoms with Gasteiger partial charge in [0.1, 0.15) is 0 Å². The highest BCUT2D eigenvalue weighted by Gasteiger charge is 2.09. The van der Waals surface area contributed by atoms with Crippen LogP contribution in [0.4, 0.5) is 5.95 Å². The van der Waals surface area contributed by atoms with Crippen LogP contribution in [0.15, 0.2) is 6.20 Å². The SMILES string of the molecule is CC(C)c1cn(C(C)C)c(N)n1. The first-order valence-corrected chi connectivity index (χ1v) is 4.36. The maximum atomic E-state index is 5.73. The molecule has 1 aromatic rings.